The van der Waals surface area contributed by atoms with Crippen LogP contribution in [-0.2, 0) is 14.6 Å². The fourth-order valence-electron chi connectivity index (χ4n) is 1.92. The predicted octanol–water partition coefficient (Wildman–Crippen LogP) is 2.47. The molecule has 0 saturated heterocycles. The van der Waals surface area contributed by atoms with Crippen molar-refractivity contribution in [1.29, 1.82) is 0 Å². The van der Waals surface area contributed by atoms with E-state index in [9.17, 15) is 18.3 Å². The van der Waals surface area contributed by atoms with Gasteiger partial charge in [0.2, 0.25) is 0 Å². The third kappa shape index (κ3) is 4.41. The largest absolute Gasteiger partial charge is 0.387 e. The van der Waals surface area contributed by atoms with Crippen LogP contribution in [0, 0.1) is 0 Å². The zero-order chi connectivity index (χ0) is 17.0. The molecule has 9 heteroatoms. The van der Waals surface area contributed by atoms with Crippen LogP contribution in [0.15, 0.2) is 33.2 Å². The minimum Gasteiger partial charge on any atom is -0.387 e. The Hall–Kier alpha value is -1.22. The molecule has 0 aromatic carbocycles. The van der Waals surface area contributed by atoms with Crippen molar-refractivity contribution < 1.29 is 18.3 Å². The van der Waals surface area contributed by atoms with Crippen molar-refractivity contribution in [3.05, 3.63) is 28.1 Å². The van der Waals surface area contributed by atoms with E-state index in [-0.39, 0.29) is 26.5 Å². The molecular formula is C14H17ClN2O4S2. The first-order chi connectivity index (χ1) is 10.8. The first-order valence-corrected chi connectivity index (χ1v) is 10.00. The minimum atomic E-state index is -3.43. The highest BCUT2D eigenvalue weighted by molar-refractivity contribution is 7.91. The molecule has 1 aliphatic carbocycles. The monoisotopic (exact) mass is 376 g/mol. The number of sulfone groups is 1. The van der Waals surface area contributed by atoms with Crippen LogP contribution in [0.3, 0.4) is 0 Å². The van der Waals surface area contributed by atoms with E-state index in [2.05, 4.69) is 10.3 Å². The molecule has 2 rings (SSSR count). The fourth-order valence-corrected chi connectivity index (χ4v) is 4.63. The summed E-state index contributed by atoms with van der Waals surface area (Å²) >= 11 is 6.96. The van der Waals surface area contributed by atoms with E-state index in [4.69, 9.17) is 11.6 Å². The van der Waals surface area contributed by atoms with Crippen molar-refractivity contribution in [2.24, 2.45) is 0 Å². The zero-order valence-electron chi connectivity index (χ0n) is 12.5. The molecule has 0 radical (unpaired) electrons. The second kappa shape index (κ2) is 7.57. The molecule has 0 spiro atoms. The van der Waals surface area contributed by atoms with E-state index in [0.29, 0.717) is 12.8 Å². The van der Waals surface area contributed by atoms with Crippen LogP contribution < -0.4 is 5.32 Å². The molecule has 1 aromatic heterocycles. The molecule has 0 bridgehead atoms. The molecule has 0 fully saturated rings. The summed E-state index contributed by atoms with van der Waals surface area (Å²) in [5.74, 6) is -0.496. The molecule has 2 N–H and O–H groups in total. The Labute approximate surface area is 143 Å². The van der Waals surface area contributed by atoms with E-state index in [1.165, 1.54) is 11.5 Å². The summed E-state index contributed by atoms with van der Waals surface area (Å²) in [5, 5.41) is 13.8. The second-order valence-electron chi connectivity index (χ2n) is 5.03. The average molecular weight is 377 g/mol. The number of anilines is 1. The first kappa shape index (κ1) is 18.1. The molecule has 126 valence electrons. The normalized spacial score (nSPS) is 18.3. The number of carbonyl (C=O) groups excluding carboxylic acids is 1. The van der Waals surface area contributed by atoms with Gasteiger partial charge in [-0.2, -0.15) is 0 Å². The highest BCUT2D eigenvalue weighted by Gasteiger charge is 2.23. The van der Waals surface area contributed by atoms with E-state index in [1.54, 1.807) is 6.08 Å². The second-order valence-corrected chi connectivity index (χ2v) is 8.35. The molecule has 6 nitrogen and oxygen atoms in total. The number of unbranched alkanes of at least 4 members (excludes halogenated alkanes) is 1. The number of thiazole rings is 1. The van der Waals surface area contributed by atoms with E-state index in [1.807, 2.05) is 6.92 Å². The van der Waals surface area contributed by atoms with E-state index < -0.39 is 21.8 Å². The van der Waals surface area contributed by atoms with Crippen molar-refractivity contribution in [2.45, 2.75) is 37.3 Å². The van der Waals surface area contributed by atoms with Crippen LogP contribution >= 0.6 is 22.9 Å². The quantitative estimate of drug-likeness (QED) is 0.795. The highest BCUT2D eigenvalue weighted by Crippen LogP contribution is 2.26. The van der Waals surface area contributed by atoms with Gasteiger partial charge in [0.25, 0.3) is 5.91 Å². The molecule has 0 aliphatic heterocycles. The number of aliphatic hydroxyl groups is 1. The molecule has 1 aromatic rings. The molecule has 1 aliphatic rings. The maximum absolute atomic E-state index is 12.2. The predicted molar refractivity (Wildman–Crippen MR) is 90.3 cm³/mol. The van der Waals surface area contributed by atoms with Gasteiger partial charge in [-0.25, -0.2) is 13.4 Å². The molecule has 1 heterocycles. The standard InChI is InChI=1S/C14H17ClN2O4S2/c1-2-3-7-23(20,21)11-8-22-14(16-11)17-13(19)9-5-4-6-10(18)12(9)15/h4-5,8,10,18H,2-3,6-7H2,1H3,(H,16,17,19). The van der Waals surface area contributed by atoms with Crippen molar-refractivity contribution >= 4 is 43.8 Å². The number of carbonyl (C=O) groups is 1. The molecule has 0 saturated carbocycles. The van der Waals surface area contributed by atoms with Crippen LogP contribution in [0.4, 0.5) is 5.13 Å². The van der Waals surface area contributed by atoms with E-state index >= 15 is 0 Å². The molecule has 1 amide bonds. The van der Waals surface area contributed by atoms with Gasteiger partial charge in [-0.3, -0.25) is 10.1 Å². The number of halogens is 1. The summed E-state index contributed by atoms with van der Waals surface area (Å²) in [6.45, 7) is 1.91. The maximum Gasteiger partial charge on any atom is 0.258 e. The Morgan fingerprint density at radius 3 is 3.00 bits per heavy atom. The average Bonchev–Trinajstić information content (AvgIpc) is 2.97. The summed E-state index contributed by atoms with van der Waals surface area (Å²) < 4.78 is 24.1. The molecule has 23 heavy (non-hydrogen) atoms. The Morgan fingerprint density at radius 2 is 2.30 bits per heavy atom. The lowest BCUT2D eigenvalue weighted by atomic mass is 10.0. The zero-order valence-corrected chi connectivity index (χ0v) is 14.8. The first-order valence-electron chi connectivity index (χ1n) is 7.09. The number of aromatic nitrogens is 1. The summed E-state index contributed by atoms with van der Waals surface area (Å²) in [6, 6.07) is 0. The maximum atomic E-state index is 12.2. The Balaban J connectivity index is 2.12. The topological polar surface area (TPSA) is 96.4 Å². The lowest BCUT2D eigenvalue weighted by Crippen LogP contribution is -2.20. The lowest BCUT2D eigenvalue weighted by Gasteiger charge is -2.15. The Morgan fingerprint density at radius 1 is 1.57 bits per heavy atom. The smallest absolute Gasteiger partial charge is 0.258 e. The van der Waals surface area contributed by atoms with Gasteiger partial charge in [-0.1, -0.05) is 37.1 Å². The number of rotatable bonds is 6. The van der Waals surface area contributed by atoms with Gasteiger partial charge in [0, 0.05) is 5.38 Å². The van der Waals surface area contributed by atoms with Crippen molar-refractivity contribution in [2.75, 3.05) is 11.1 Å². The number of aliphatic hydroxyl groups excluding tert-OH is 1. The van der Waals surface area contributed by atoms with Crippen molar-refractivity contribution in [3.8, 4) is 0 Å². The number of nitrogens with zero attached hydrogens (tertiary/aromatic N) is 1. The van der Waals surface area contributed by atoms with Crippen LogP contribution in [0.2, 0.25) is 0 Å². The van der Waals surface area contributed by atoms with Crippen LogP contribution in [0.25, 0.3) is 0 Å². The Bertz CT molecular complexity index is 753. The summed E-state index contributed by atoms with van der Waals surface area (Å²) in [6.07, 6.45) is 3.96. The summed E-state index contributed by atoms with van der Waals surface area (Å²) in [5.41, 5.74) is 0.149. The lowest BCUT2D eigenvalue weighted by molar-refractivity contribution is -0.112. The van der Waals surface area contributed by atoms with Crippen LogP contribution in [-0.4, -0.2) is 36.3 Å². The van der Waals surface area contributed by atoms with Gasteiger partial charge in [0.05, 0.1) is 22.5 Å². The summed E-state index contributed by atoms with van der Waals surface area (Å²) in [7, 11) is -3.43. The number of amides is 1. The Kier molecular flexibility index (Phi) is 5.96. The van der Waals surface area contributed by atoms with Crippen molar-refractivity contribution in [1.82, 2.24) is 4.98 Å². The van der Waals surface area contributed by atoms with Crippen LogP contribution in [0.5, 0.6) is 0 Å². The van der Waals surface area contributed by atoms with Crippen molar-refractivity contribution in [3.63, 3.8) is 0 Å². The highest BCUT2D eigenvalue weighted by atomic mass is 35.5. The van der Waals surface area contributed by atoms with Gasteiger partial charge in [0.1, 0.15) is 0 Å². The number of nitrogens with one attached hydrogen (secondary N) is 1. The molecule has 1 atom stereocenters. The van der Waals surface area contributed by atoms with Crippen LogP contribution in [0.1, 0.15) is 26.2 Å². The van der Waals surface area contributed by atoms with Gasteiger partial charge in [-0.15, -0.1) is 11.3 Å². The van der Waals surface area contributed by atoms with Gasteiger partial charge in [0.15, 0.2) is 20.0 Å². The molecule has 1 unspecified atom stereocenters. The van der Waals surface area contributed by atoms with Gasteiger partial charge < -0.3 is 5.11 Å². The third-order valence-electron chi connectivity index (χ3n) is 3.23. The molecular weight excluding hydrogens is 360 g/mol. The number of hydrogen-bond acceptors (Lipinski definition) is 6. The minimum absolute atomic E-state index is 0.0343. The SMILES string of the molecule is CCCCS(=O)(=O)c1csc(NC(=O)C2=C(Cl)C(O)CC=C2)n1. The third-order valence-corrected chi connectivity index (χ3v) is 6.26. The van der Waals surface area contributed by atoms with Gasteiger partial charge in [-0.05, 0) is 12.8 Å². The fraction of sp³-hybridized carbons (Fsp3) is 0.429. The summed E-state index contributed by atoms with van der Waals surface area (Å²) in [4.78, 5) is 16.1. The van der Waals surface area contributed by atoms with E-state index in [0.717, 1.165) is 17.8 Å². The number of hydrogen-bond donors (Lipinski definition) is 2. The van der Waals surface area contributed by atoms with Gasteiger partial charge >= 0.3 is 0 Å².